The molecule has 0 spiro atoms. The van der Waals surface area contributed by atoms with Crippen molar-refractivity contribution in [1.29, 1.82) is 0 Å². The summed E-state index contributed by atoms with van der Waals surface area (Å²) in [5.74, 6) is 1.23. The maximum atomic E-state index is 12.8. The van der Waals surface area contributed by atoms with Crippen molar-refractivity contribution in [2.75, 3.05) is 32.8 Å². The summed E-state index contributed by atoms with van der Waals surface area (Å²) in [6, 6.07) is 9.87. The van der Waals surface area contributed by atoms with Gasteiger partial charge in [-0.25, -0.2) is 0 Å². The van der Waals surface area contributed by atoms with E-state index >= 15 is 0 Å². The molecule has 3 N–H and O–H groups in total. The van der Waals surface area contributed by atoms with Crippen LogP contribution < -0.4 is 14.8 Å². The largest absolute Gasteiger partial charge is 0.486 e. The van der Waals surface area contributed by atoms with E-state index in [1.165, 1.54) is 12.1 Å². The molecule has 2 heterocycles. The highest BCUT2D eigenvalue weighted by molar-refractivity contribution is 5.44. The van der Waals surface area contributed by atoms with Gasteiger partial charge >= 0.3 is 6.18 Å². The number of aliphatic hydroxyl groups excluding tert-OH is 2. The average Bonchev–Trinajstić information content (AvgIpc) is 3.34. The zero-order chi connectivity index (χ0) is 24.1. The summed E-state index contributed by atoms with van der Waals surface area (Å²) in [6.45, 7) is 3.37. The van der Waals surface area contributed by atoms with Gasteiger partial charge in [-0.15, -0.1) is 0 Å². The second-order valence-corrected chi connectivity index (χ2v) is 8.88. The highest BCUT2D eigenvalue weighted by Gasteiger charge is 2.30. The summed E-state index contributed by atoms with van der Waals surface area (Å²) in [7, 11) is 0. The molecule has 0 aliphatic carbocycles. The summed E-state index contributed by atoms with van der Waals surface area (Å²) in [4.78, 5) is 2.25. The minimum atomic E-state index is -4.37. The number of alkyl halides is 3. The fraction of sp³-hybridized carbons (Fsp3) is 0.520. The molecule has 34 heavy (non-hydrogen) atoms. The number of likely N-dealkylation sites (tertiary alicyclic amines) is 1. The number of fused-ring (bicyclic) bond motifs is 1. The van der Waals surface area contributed by atoms with Crippen LogP contribution in [0.4, 0.5) is 13.2 Å². The van der Waals surface area contributed by atoms with E-state index in [0.717, 1.165) is 38.1 Å². The van der Waals surface area contributed by atoms with Gasteiger partial charge in [0.25, 0.3) is 0 Å². The van der Waals surface area contributed by atoms with E-state index in [9.17, 15) is 23.4 Å². The molecule has 0 amide bonds. The summed E-state index contributed by atoms with van der Waals surface area (Å²) in [5.41, 5.74) is 0.677. The topological polar surface area (TPSA) is 74.2 Å². The molecule has 4 rings (SSSR count). The Hall–Kier alpha value is -2.33. The Bertz CT molecular complexity index is 933. The van der Waals surface area contributed by atoms with Gasteiger partial charge in [-0.2, -0.15) is 13.2 Å². The molecule has 0 radical (unpaired) electrons. The first-order valence-corrected chi connectivity index (χ1v) is 11.7. The highest BCUT2D eigenvalue weighted by Crippen LogP contribution is 2.34. The molecule has 3 atom stereocenters. The molecule has 0 aromatic heterocycles. The third-order valence-corrected chi connectivity index (χ3v) is 6.34. The first-order chi connectivity index (χ1) is 16.3. The van der Waals surface area contributed by atoms with E-state index in [4.69, 9.17) is 9.47 Å². The van der Waals surface area contributed by atoms with E-state index in [0.29, 0.717) is 55.2 Å². The molecule has 0 saturated carbocycles. The average molecular weight is 481 g/mol. The van der Waals surface area contributed by atoms with Crippen molar-refractivity contribution < 1.29 is 32.9 Å². The highest BCUT2D eigenvalue weighted by atomic mass is 19.4. The van der Waals surface area contributed by atoms with Crippen LogP contribution >= 0.6 is 0 Å². The Labute approximate surface area is 197 Å². The summed E-state index contributed by atoms with van der Waals surface area (Å²) in [5, 5.41) is 25.0. The van der Waals surface area contributed by atoms with Gasteiger partial charge in [0.1, 0.15) is 19.4 Å². The molecule has 6 nitrogen and oxygen atoms in total. The minimum absolute atomic E-state index is 0.301. The van der Waals surface area contributed by atoms with Crippen LogP contribution in [0.2, 0.25) is 0 Å². The lowest BCUT2D eigenvalue weighted by molar-refractivity contribution is -0.137. The number of aliphatic hydroxyl groups is 2. The number of halogens is 3. The van der Waals surface area contributed by atoms with Crippen LogP contribution in [0.1, 0.15) is 42.1 Å². The van der Waals surface area contributed by atoms with Gasteiger partial charge in [-0.1, -0.05) is 18.2 Å². The lowest BCUT2D eigenvalue weighted by Gasteiger charge is -2.31. The lowest BCUT2D eigenvalue weighted by atomic mass is 10.00. The van der Waals surface area contributed by atoms with Crippen molar-refractivity contribution in [2.24, 2.45) is 0 Å². The lowest BCUT2D eigenvalue weighted by Crippen LogP contribution is -2.48. The fourth-order valence-corrected chi connectivity index (χ4v) is 4.46. The van der Waals surface area contributed by atoms with Crippen LogP contribution in [-0.4, -0.2) is 60.2 Å². The molecule has 0 bridgehead atoms. The van der Waals surface area contributed by atoms with E-state index in [-0.39, 0.29) is 0 Å². The molecule has 2 aromatic carbocycles. The van der Waals surface area contributed by atoms with E-state index in [2.05, 4.69) is 10.2 Å². The van der Waals surface area contributed by atoms with Crippen molar-refractivity contribution in [1.82, 2.24) is 10.2 Å². The van der Waals surface area contributed by atoms with E-state index in [1.807, 2.05) is 0 Å². The van der Waals surface area contributed by atoms with Crippen molar-refractivity contribution in [3.63, 3.8) is 0 Å². The fourth-order valence-electron chi connectivity index (χ4n) is 4.46. The number of aryl methyl sites for hydroxylation is 1. The smallest absolute Gasteiger partial charge is 0.416 e. The van der Waals surface area contributed by atoms with Crippen molar-refractivity contribution in [3.05, 3.63) is 59.2 Å². The van der Waals surface area contributed by atoms with Gasteiger partial charge < -0.3 is 24.6 Å². The number of hydrogen-bond donors (Lipinski definition) is 3. The number of nitrogens with one attached hydrogen (secondary N) is 1. The number of nitrogens with zero attached hydrogens (tertiary/aromatic N) is 1. The molecule has 1 fully saturated rings. The Morgan fingerprint density at radius 1 is 0.941 bits per heavy atom. The van der Waals surface area contributed by atoms with Crippen molar-refractivity contribution in [2.45, 2.75) is 50.2 Å². The second-order valence-electron chi connectivity index (χ2n) is 8.88. The van der Waals surface area contributed by atoms with Gasteiger partial charge in [0.05, 0.1) is 17.7 Å². The molecular formula is C25H31F3N2O4. The quantitative estimate of drug-likeness (QED) is 0.477. The van der Waals surface area contributed by atoms with Crippen LogP contribution in [0, 0.1) is 0 Å². The molecule has 9 heteroatoms. The predicted molar refractivity (Wildman–Crippen MR) is 121 cm³/mol. The SMILES string of the molecule is OC(CCc1ccc(C(F)(F)F)cc1)N[C@H](CN1CCCC1)[C@H](O)c1ccc2c(c1)OCCO2. The summed E-state index contributed by atoms with van der Waals surface area (Å²) in [6.07, 6.45) is -3.28. The normalized spacial score (nSPS) is 19.1. The Kier molecular flexibility index (Phi) is 7.98. The van der Waals surface area contributed by atoms with Crippen LogP contribution in [0.5, 0.6) is 11.5 Å². The van der Waals surface area contributed by atoms with Gasteiger partial charge in [0, 0.05) is 6.54 Å². The van der Waals surface area contributed by atoms with Crippen molar-refractivity contribution in [3.8, 4) is 11.5 Å². The second kappa shape index (κ2) is 10.9. The number of benzene rings is 2. The zero-order valence-electron chi connectivity index (χ0n) is 18.9. The molecule has 1 unspecified atom stereocenters. The Morgan fingerprint density at radius 3 is 2.29 bits per heavy atom. The maximum absolute atomic E-state index is 12.8. The van der Waals surface area contributed by atoms with Gasteiger partial charge in [0.15, 0.2) is 11.5 Å². The van der Waals surface area contributed by atoms with Crippen LogP contribution in [-0.2, 0) is 12.6 Å². The molecular weight excluding hydrogens is 449 g/mol. The van der Waals surface area contributed by atoms with Crippen LogP contribution in [0.15, 0.2) is 42.5 Å². The van der Waals surface area contributed by atoms with Crippen LogP contribution in [0.25, 0.3) is 0 Å². The standard InChI is InChI=1S/C25H31F3N2O4/c26-25(27,28)19-7-3-17(4-8-19)5-10-23(31)29-20(16-30-11-1-2-12-30)24(32)18-6-9-21-22(15-18)34-14-13-33-21/h3-4,6-9,15,20,23-24,29,31-32H,1-2,5,10-14,16H2/t20-,23?,24-/m1/s1. The Morgan fingerprint density at radius 2 is 1.62 bits per heavy atom. The van der Waals surface area contributed by atoms with E-state index in [1.54, 1.807) is 18.2 Å². The third kappa shape index (κ3) is 6.41. The Balaban J connectivity index is 1.40. The number of ether oxygens (including phenoxy) is 2. The predicted octanol–water partition coefficient (Wildman–Crippen LogP) is 3.52. The minimum Gasteiger partial charge on any atom is -0.486 e. The molecule has 2 aromatic rings. The van der Waals surface area contributed by atoms with Crippen LogP contribution in [0.3, 0.4) is 0 Å². The summed E-state index contributed by atoms with van der Waals surface area (Å²) >= 11 is 0. The number of hydrogen-bond acceptors (Lipinski definition) is 6. The molecule has 1 saturated heterocycles. The summed E-state index contributed by atoms with van der Waals surface area (Å²) < 4.78 is 49.5. The zero-order valence-corrected chi connectivity index (χ0v) is 18.9. The molecule has 186 valence electrons. The van der Waals surface area contributed by atoms with E-state index < -0.39 is 30.1 Å². The number of rotatable bonds is 9. The van der Waals surface area contributed by atoms with Gasteiger partial charge in [-0.05, 0) is 74.2 Å². The maximum Gasteiger partial charge on any atom is 0.416 e. The van der Waals surface area contributed by atoms with Gasteiger partial charge in [0.2, 0.25) is 0 Å². The molecule has 2 aliphatic heterocycles. The van der Waals surface area contributed by atoms with Gasteiger partial charge in [-0.3, -0.25) is 5.32 Å². The first-order valence-electron chi connectivity index (χ1n) is 11.7. The molecule has 2 aliphatic rings. The van der Waals surface area contributed by atoms with Crippen molar-refractivity contribution >= 4 is 0 Å². The third-order valence-electron chi connectivity index (χ3n) is 6.34. The first kappa shape index (κ1) is 24.8. The monoisotopic (exact) mass is 480 g/mol.